The molecule has 110 valence electrons. The number of aliphatic hydroxyl groups excluding tert-OH is 1. The topological polar surface area (TPSA) is 78.9 Å². The number of nitrogens with one attached hydrogen (secondary N) is 1. The van der Waals surface area contributed by atoms with Crippen molar-refractivity contribution in [2.75, 3.05) is 13.1 Å². The smallest absolute Gasteiger partial charge is 0.410 e. The van der Waals surface area contributed by atoms with Gasteiger partial charge in [0.2, 0.25) is 5.91 Å². The van der Waals surface area contributed by atoms with Gasteiger partial charge in [0.25, 0.3) is 0 Å². The molecule has 19 heavy (non-hydrogen) atoms. The van der Waals surface area contributed by atoms with Crippen LogP contribution in [0.5, 0.6) is 0 Å². The Morgan fingerprint density at radius 3 is 2.26 bits per heavy atom. The zero-order chi connectivity index (χ0) is 14.6. The Bertz CT molecular complexity index is 328. The van der Waals surface area contributed by atoms with E-state index in [9.17, 15) is 9.59 Å². The molecule has 2 N–H and O–H groups in total. The molecule has 0 spiro atoms. The monoisotopic (exact) mass is 272 g/mol. The van der Waals surface area contributed by atoms with E-state index in [4.69, 9.17) is 9.84 Å². The first-order valence-corrected chi connectivity index (χ1v) is 6.65. The van der Waals surface area contributed by atoms with Gasteiger partial charge in [-0.1, -0.05) is 0 Å². The molecule has 0 bridgehead atoms. The van der Waals surface area contributed by atoms with Gasteiger partial charge in [-0.3, -0.25) is 4.79 Å². The molecule has 6 heteroatoms. The predicted octanol–water partition coefficient (Wildman–Crippen LogP) is 0.883. The van der Waals surface area contributed by atoms with Gasteiger partial charge in [-0.2, -0.15) is 0 Å². The molecule has 1 saturated heterocycles. The van der Waals surface area contributed by atoms with E-state index in [-0.39, 0.29) is 18.0 Å². The average Bonchev–Trinajstić information content (AvgIpc) is 2.27. The Kier molecular flexibility index (Phi) is 5.17. The van der Waals surface area contributed by atoms with Gasteiger partial charge in [-0.05, 0) is 40.5 Å². The number of hydrogen-bond acceptors (Lipinski definition) is 4. The van der Waals surface area contributed by atoms with Gasteiger partial charge in [0.1, 0.15) is 11.7 Å². The molecule has 1 atom stereocenters. The summed E-state index contributed by atoms with van der Waals surface area (Å²) in [5.41, 5.74) is -0.492. The molecule has 1 aliphatic rings. The Labute approximate surface area is 114 Å². The van der Waals surface area contributed by atoms with Gasteiger partial charge in [-0.25, -0.2) is 4.79 Å². The van der Waals surface area contributed by atoms with Crippen molar-refractivity contribution >= 4 is 12.0 Å². The Morgan fingerprint density at radius 1 is 1.32 bits per heavy atom. The van der Waals surface area contributed by atoms with Gasteiger partial charge in [0.15, 0.2) is 0 Å². The number of carbonyl (C=O) groups is 2. The molecule has 1 aliphatic heterocycles. The highest BCUT2D eigenvalue weighted by Gasteiger charge is 2.27. The van der Waals surface area contributed by atoms with E-state index >= 15 is 0 Å². The van der Waals surface area contributed by atoms with E-state index in [1.807, 2.05) is 20.8 Å². The van der Waals surface area contributed by atoms with Crippen molar-refractivity contribution < 1.29 is 19.4 Å². The first-order chi connectivity index (χ1) is 8.69. The summed E-state index contributed by atoms with van der Waals surface area (Å²) in [4.78, 5) is 24.8. The SMILES string of the molecule is C[C@@H](O)C(=O)NC1CCN(C(=O)OC(C)(C)C)CC1. The lowest BCUT2D eigenvalue weighted by molar-refractivity contribution is -0.129. The third-order valence-corrected chi connectivity index (χ3v) is 2.87. The van der Waals surface area contributed by atoms with Crippen LogP contribution in [-0.4, -0.2) is 52.8 Å². The molecular weight excluding hydrogens is 248 g/mol. The van der Waals surface area contributed by atoms with Crippen LogP contribution in [0.15, 0.2) is 0 Å². The van der Waals surface area contributed by atoms with Crippen LogP contribution >= 0.6 is 0 Å². The molecule has 1 heterocycles. The van der Waals surface area contributed by atoms with E-state index in [0.29, 0.717) is 25.9 Å². The molecule has 0 radical (unpaired) electrons. The predicted molar refractivity (Wildman–Crippen MR) is 70.7 cm³/mol. The summed E-state index contributed by atoms with van der Waals surface area (Å²) in [6.07, 6.45) is 0.0479. The highest BCUT2D eigenvalue weighted by molar-refractivity contribution is 5.80. The van der Waals surface area contributed by atoms with Gasteiger partial charge in [-0.15, -0.1) is 0 Å². The fraction of sp³-hybridized carbons (Fsp3) is 0.846. The summed E-state index contributed by atoms with van der Waals surface area (Å²) < 4.78 is 5.29. The van der Waals surface area contributed by atoms with Crippen molar-refractivity contribution in [2.45, 2.75) is 58.3 Å². The standard InChI is InChI=1S/C13H24N2O4/c1-9(16)11(17)14-10-5-7-15(8-6-10)12(18)19-13(2,3)4/h9-10,16H,5-8H2,1-4H3,(H,14,17)/t9-/m1/s1. The van der Waals surface area contributed by atoms with Gasteiger partial charge >= 0.3 is 6.09 Å². The van der Waals surface area contributed by atoms with Crippen LogP contribution in [0.2, 0.25) is 0 Å². The van der Waals surface area contributed by atoms with Gasteiger partial charge in [0.05, 0.1) is 0 Å². The van der Waals surface area contributed by atoms with Crippen molar-refractivity contribution in [1.29, 1.82) is 0 Å². The fourth-order valence-electron chi connectivity index (χ4n) is 1.85. The van der Waals surface area contributed by atoms with Crippen molar-refractivity contribution in [1.82, 2.24) is 10.2 Å². The van der Waals surface area contributed by atoms with Crippen LogP contribution in [0.3, 0.4) is 0 Å². The number of hydrogen-bond donors (Lipinski definition) is 2. The van der Waals surface area contributed by atoms with Crippen molar-refractivity contribution in [3.8, 4) is 0 Å². The molecule has 1 fully saturated rings. The molecule has 2 amide bonds. The molecule has 0 aliphatic carbocycles. The fourth-order valence-corrected chi connectivity index (χ4v) is 1.85. The molecular formula is C13H24N2O4. The number of amides is 2. The largest absolute Gasteiger partial charge is 0.444 e. The number of carbonyl (C=O) groups excluding carboxylic acids is 2. The Balaban J connectivity index is 2.37. The van der Waals surface area contributed by atoms with Crippen LogP contribution in [0, 0.1) is 0 Å². The lowest BCUT2D eigenvalue weighted by Gasteiger charge is -2.33. The number of piperidine rings is 1. The molecule has 0 saturated carbocycles. The van der Waals surface area contributed by atoms with Gasteiger partial charge in [0, 0.05) is 19.1 Å². The third kappa shape index (κ3) is 5.46. The summed E-state index contributed by atoms with van der Waals surface area (Å²) in [5, 5.41) is 11.9. The van der Waals surface area contributed by atoms with Crippen LogP contribution in [0.4, 0.5) is 4.79 Å². The third-order valence-electron chi connectivity index (χ3n) is 2.87. The Hall–Kier alpha value is -1.30. The van der Waals surface area contributed by atoms with Crippen LogP contribution in [-0.2, 0) is 9.53 Å². The lowest BCUT2D eigenvalue weighted by Crippen LogP contribution is -2.49. The molecule has 0 aromatic rings. The minimum absolute atomic E-state index is 0.0146. The van der Waals surface area contributed by atoms with E-state index in [0.717, 1.165) is 0 Å². The zero-order valence-electron chi connectivity index (χ0n) is 12.1. The van der Waals surface area contributed by atoms with Crippen LogP contribution < -0.4 is 5.32 Å². The van der Waals surface area contributed by atoms with E-state index in [1.54, 1.807) is 4.90 Å². The van der Waals surface area contributed by atoms with Crippen molar-refractivity contribution in [3.63, 3.8) is 0 Å². The quantitative estimate of drug-likeness (QED) is 0.782. The van der Waals surface area contributed by atoms with E-state index in [1.165, 1.54) is 6.92 Å². The number of ether oxygens (including phenoxy) is 1. The second-order valence-corrected chi connectivity index (χ2v) is 5.93. The maximum atomic E-state index is 11.8. The number of likely N-dealkylation sites (tertiary alicyclic amines) is 1. The molecule has 1 rings (SSSR count). The zero-order valence-corrected chi connectivity index (χ0v) is 12.1. The van der Waals surface area contributed by atoms with Crippen molar-refractivity contribution in [2.24, 2.45) is 0 Å². The number of rotatable bonds is 2. The summed E-state index contributed by atoms with van der Waals surface area (Å²) in [6, 6.07) is 0.0146. The highest BCUT2D eigenvalue weighted by atomic mass is 16.6. The lowest BCUT2D eigenvalue weighted by atomic mass is 10.1. The summed E-state index contributed by atoms with van der Waals surface area (Å²) in [6.45, 7) is 8.05. The normalized spacial score (nSPS) is 18.9. The molecule has 0 unspecified atom stereocenters. The maximum Gasteiger partial charge on any atom is 0.410 e. The Morgan fingerprint density at radius 2 is 1.84 bits per heavy atom. The summed E-state index contributed by atoms with van der Waals surface area (Å²) in [5.74, 6) is -0.365. The van der Waals surface area contributed by atoms with Crippen LogP contribution in [0.1, 0.15) is 40.5 Å². The molecule has 0 aromatic heterocycles. The minimum Gasteiger partial charge on any atom is -0.444 e. The van der Waals surface area contributed by atoms with Crippen LogP contribution in [0.25, 0.3) is 0 Å². The second-order valence-electron chi connectivity index (χ2n) is 5.93. The highest BCUT2D eigenvalue weighted by Crippen LogP contribution is 2.15. The average molecular weight is 272 g/mol. The van der Waals surface area contributed by atoms with Crippen molar-refractivity contribution in [3.05, 3.63) is 0 Å². The first kappa shape index (κ1) is 15.8. The van der Waals surface area contributed by atoms with E-state index in [2.05, 4.69) is 5.32 Å². The second kappa shape index (κ2) is 6.23. The molecule has 0 aromatic carbocycles. The maximum absolute atomic E-state index is 11.8. The number of aliphatic hydroxyl groups is 1. The van der Waals surface area contributed by atoms with E-state index < -0.39 is 11.7 Å². The first-order valence-electron chi connectivity index (χ1n) is 6.65. The molecule has 6 nitrogen and oxygen atoms in total. The minimum atomic E-state index is -0.996. The summed E-state index contributed by atoms with van der Waals surface area (Å²) >= 11 is 0. The van der Waals surface area contributed by atoms with Gasteiger partial charge < -0.3 is 20.1 Å². The summed E-state index contributed by atoms with van der Waals surface area (Å²) in [7, 11) is 0. The number of nitrogens with zero attached hydrogens (tertiary/aromatic N) is 1.